The number of amides is 2. The average Bonchev–Trinajstić information content (AvgIpc) is 2.64. The van der Waals surface area contributed by atoms with Crippen molar-refractivity contribution in [2.45, 2.75) is 25.7 Å². The predicted octanol–water partition coefficient (Wildman–Crippen LogP) is 4.15. The van der Waals surface area contributed by atoms with E-state index >= 15 is 0 Å². The molecule has 1 aliphatic heterocycles. The molecule has 0 saturated carbocycles. The number of benzene rings is 2. The molecular formula is C20H23Cl2N3O2. The van der Waals surface area contributed by atoms with Crippen LogP contribution in [0.4, 0.5) is 11.4 Å². The maximum Gasteiger partial charge on any atom is 0.255 e. The second-order valence-corrected chi connectivity index (χ2v) is 6.95. The number of halogens is 2. The monoisotopic (exact) mass is 407 g/mol. The number of piperidine rings is 1. The van der Waals surface area contributed by atoms with Gasteiger partial charge in [-0.25, -0.2) is 0 Å². The fraction of sp³-hybridized carbons (Fsp3) is 0.300. The predicted molar refractivity (Wildman–Crippen MR) is 112 cm³/mol. The van der Waals surface area contributed by atoms with Gasteiger partial charge in [0.05, 0.1) is 17.7 Å². The Hall–Kier alpha value is -2.24. The van der Waals surface area contributed by atoms with Gasteiger partial charge in [-0.15, -0.1) is 12.4 Å². The molecule has 0 radical (unpaired) electrons. The maximum absolute atomic E-state index is 12.8. The van der Waals surface area contributed by atoms with Crippen molar-refractivity contribution in [3.05, 3.63) is 58.6 Å². The SMILES string of the molecule is Cl.Nc1ccc(CC(=O)Nc2cc(Cl)ccc2C(=O)N2CCCCC2)cc1. The lowest BCUT2D eigenvalue weighted by Crippen LogP contribution is -2.36. The largest absolute Gasteiger partial charge is 0.399 e. The van der Waals surface area contributed by atoms with E-state index in [0.717, 1.165) is 37.9 Å². The summed E-state index contributed by atoms with van der Waals surface area (Å²) in [4.78, 5) is 27.1. The summed E-state index contributed by atoms with van der Waals surface area (Å²) in [5, 5.41) is 3.31. The molecule has 0 aromatic heterocycles. The molecule has 1 heterocycles. The van der Waals surface area contributed by atoms with Crippen molar-refractivity contribution in [1.82, 2.24) is 4.90 Å². The highest BCUT2D eigenvalue weighted by Gasteiger charge is 2.21. The van der Waals surface area contributed by atoms with Crippen molar-refractivity contribution in [3.8, 4) is 0 Å². The van der Waals surface area contributed by atoms with Crippen LogP contribution in [0.25, 0.3) is 0 Å². The van der Waals surface area contributed by atoms with Gasteiger partial charge in [-0.2, -0.15) is 0 Å². The molecule has 1 fully saturated rings. The van der Waals surface area contributed by atoms with Gasteiger partial charge in [0.2, 0.25) is 5.91 Å². The molecule has 0 aliphatic carbocycles. The number of hydrogen-bond donors (Lipinski definition) is 2. The van der Waals surface area contributed by atoms with E-state index in [1.807, 2.05) is 17.0 Å². The first-order chi connectivity index (χ1) is 12.5. The van der Waals surface area contributed by atoms with Crippen LogP contribution in [-0.2, 0) is 11.2 Å². The lowest BCUT2D eigenvalue weighted by atomic mass is 10.1. The quantitative estimate of drug-likeness (QED) is 0.747. The molecule has 3 rings (SSSR count). The topological polar surface area (TPSA) is 75.4 Å². The molecule has 0 bridgehead atoms. The van der Waals surface area contributed by atoms with E-state index in [-0.39, 0.29) is 30.6 Å². The lowest BCUT2D eigenvalue weighted by Gasteiger charge is -2.27. The second kappa shape index (κ2) is 9.62. The van der Waals surface area contributed by atoms with Crippen LogP contribution in [0.2, 0.25) is 5.02 Å². The van der Waals surface area contributed by atoms with Gasteiger partial charge in [-0.05, 0) is 55.2 Å². The van der Waals surface area contributed by atoms with Gasteiger partial charge in [0.15, 0.2) is 0 Å². The van der Waals surface area contributed by atoms with Crippen LogP contribution >= 0.6 is 24.0 Å². The van der Waals surface area contributed by atoms with Crippen molar-refractivity contribution >= 4 is 47.2 Å². The molecule has 1 saturated heterocycles. The average molecular weight is 408 g/mol. The number of carbonyl (C=O) groups is 2. The third-order valence-electron chi connectivity index (χ3n) is 4.47. The normalized spacial score (nSPS) is 13.6. The molecule has 2 aromatic rings. The van der Waals surface area contributed by atoms with Crippen LogP contribution < -0.4 is 11.1 Å². The zero-order valence-electron chi connectivity index (χ0n) is 14.9. The molecule has 0 atom stereocenters. The van der Waals surface area contributed by atoms with E-state index in [1.54, 1.807) is 30.3 Å². The Morgan fingerprint density at radius 1 is 1.04 bits per heavy atom. The zero-order valence-corrected chi connectivity index (χ0v) is 16.5. The number of carbonyl (C=O) groups excluding carboxylic acids is 2. The number of rotatable bonds is 4. The van der Waals surface area contributed by atoms with Crippen molar-refractivity contribution < 1.29 is 9.59 Å². The number of nitrogens with zero attached hydrogens (tertiary/aromatic N) is 1. The summed E-state index contributed by atoms with van der Waals surface area (Å²) in [6.45, 7) is 1.50. The fourth-order valence-corrected chi connectivity index (χ4v) is 3.26. The Bertz CT molecular complexity index is 803. The van der Waals surface area contributed by atoms with Gasteiger partial charge >= 0.3 is 0 Å². The zero-order chi connectivity index (χ0) is 18.5. The number of nitrogen functional groups attached to an aromatic ring is 1. The van der Waals surface area contributed by atoms with E-state index in [9.17, 15) is 9.59 Å². The Kier molecular flexibility index (Phi) is 7.51. The minimum atomic E-state index is -0.204. The Labute approximate surface area is 170 Å². The van der Waals surface area contributed by atoms with Crippen LogP contribution in [0.3, 0.4) is 0 Å². The maximum atomic E-state index is 12.8. The highest BCUT2D eigenvalue weighted by Crippen LogP contribution is 2.24. The molecule has 1 aliphatic rings. The molecule has 144 valence electrons. The summed E-state index contributed by atoms with van der Waals surface area (Å²) in [6, 6.07) is 12.1. The smallest absolute Gasteiger partial charge is 0.255 e. The Balaban J connectivity index is 0.00000261. The number of nitrogens with two attached hydrogens (primary N) is 1. The molecule has 2 aromatic carbocycles. The molecule has 7 heteroatoms. The number of hydrogen-bond acceptors (Lipinski definition) is 3. The molecule has 0 spiro atoms. The van der Waals surface area contributed by atoms with Gasteiger partial charge in [-0.1, -0.05) is 23.7 Å². The third kappa shape index (κ3) is 5.62. The Morgan fingerprint density at radius 2 is 1.70 bits per heavy atom. The number of anilines is 2. The van der Waals surface area contributed by atoms with Crippen LogP contribution in [0.1, 0.15) is 35.2 Å². The highest BCUT2D eigenvalue weighted by molar-refractivity contribution is 6.31. The van der Waals surface area contributed by atoms with Crippen molar-refractivity contribution in [1.29, 1.82) is 0 Å². The summed E-state index contributed by atoms with van der Waals surface area (Å²) >= 11 is 6.08. The van der Waals surface area contributed by atoms with Crippen LogP contribution in [0, 0.1) is 0 Å². The summed E-state index contributed by atoms with van der Waals surface area (Å²) in [6.07, 6.45) is 3.37. The van der Waals surface area contributed by atoms with Crippen molar-refractivity contribution in [3.63, 3.8) is 0 Å². The van der Waals surface area contributed by atoms with E-state index < -0.39 is 0 Å². The van der Waals surface area contributed by atoms with E-state index in [1.165, 1.54) is 0 Å². The molecular weight excluding hydrogens is 385 g/mol. The molecule has 0 unspecified atom stereocenters. The summed E-state index contributed by atoms with van der Waals surface area (Å²) in [5.41, 5.74) is 8.09. The van der Waals surface area contributed by atoms with Crippen LogP contribution in [0.15, 0.2) is 42.5 Å². The third-order valence-corrected chi connectivity index (χ3v) is 4.71. The highest BCUT2D eigenvalue weighted by atomic mass is 35.5. The van der Waals surface area contributed by atoms with E-state index in [2.05, 4.69) is 5.32 Å². The molecule has 3 N–H and O–H groups in total. The molecule has 2 amide bonds. The lowest BCUT2D eigenvalue weighted by molar-refractivity contribution is -0.115. The second-order valence-electron chi connectivity index (χ2n) is 6.51. The minimum absolute atomic E-state index is 0. The van der Waals surface area contributed by atoms with Gasteiger partial charge in [0.25, 0.3) is 5.91 Å². The van der Waals surface area contributed by atoms with E-state index in [4.69, 9.17) is 17.3 Å². The first kappa shape index (κ1) is 21.1. The van der Waals surface area contributed by atoms with Crippen molar-refractivity contribution in [2.75, 3.05) is 24.1 Å². The van der Waals surface area contributed by atoms with Gasteiger partial charge in [0, 0.05) is 23.8 Å². The van der Waals surface area contributed by atoms with Crippen molar-refractivity contribution in [2.24, 2.45) is 0 Å². The van der Waals surface area contributed by atoms with Gasteiger partial charge in [-0.3, -0.25) is 9.59 Å². The van der Waals surface area contributed by atoms with Crippen LogP contribution in [0.5, 0.6) is 0 Å². The summed E-state index contributed by atoms with van der Waals surface area (Å²) in [5.74, 6) is -0.270. The van der Waals surface area contributed by atoms with E-state index in [0.29, 0.717) is 22.0 Å². The standard InChI is InChI=1S/C20H22ClN3O2.ClH/c21-15-6-9-17(20(26)24-10-2-1-3-11-24)18(13-15)23-19(25)12-14-4-7-16(22)8-5-14;/h4-9,13H,1-3,10-12,22H2,(H,23,25);1H. The molecule has 5 nitrogen and oxygen atoms in total. The minimum Gasteiger partial charge on any atom is -0.399 e. The van der Waals surface area contributed by atoms with Gasteiger partial charge < -0.3 is 16.0 Å². The first-order valence-electron chi connectivity index (χ1n) is 8.76. The number of likely N-dealkylation sites (tertiary alicyclic amines) is 1. The van der Waals surface area contributed by atoms with Crippen LogP contribution in [-0.4, -0.2) is 29.8 Å². The summed E-state index contributed by atoms with van der Waals surface area (Å²) in [7, 11) is 0. The number of nitrogens with one attached hydrogen (secondary N) is 1. The summed E-state index contributed by atoms with van der Waals surface area (Å²) < 4.78 is 0. The first-order valence-corrected chi connectivity index (χ1v) is 9.14. The molecule has 27 heavy (non-hydrogen) atoms. The Morgan fingerprint density at radius 3 is 2.37 bits per heavy atom. The fourth-order valence-electron chi connectivity index (χ4n) is 3.09. The van der Waals surface area contributed by atoms with Gasteiger partial charge in [0.1, 0.15) is 0 Å².